The number of thiazole rings is 1. The van der Waals surface area contributed by atoms with Gasteiger partial charge in [0.1, 0.15) is 6.54 Å². The van der Waals surface area contributed by atoms with E-state index in [0.717, 1.165) is 11.3 Å². The maximum atomic E-state index is 11.6. The van der Waals surface area contributed by atoms with Gasteiger partial charge < -0.3 is 11.1 Å². The lowest BCUT2D eigenvalue weighted by Crippen LogP contribution is -2.23. The van der Waals surface area contributed by atoms with Crippen LogP contribution in [0.1, 0.15) is 0 Å². The van der Waals surface area contributed by atoms with Gasteiger partial charge in [-0.1, -0.05) is 17.4 Å². The van der Waals surface area contributed by atoms with Gasteiger partial charge in [-0.2, -0.15) is 0 Å². The van der Waals surface area contributed by atoms with Crippen LogP contribution >= 0.6 is 11.3 Å². The van der Waals surface area contributed by atoms with Gasteiger partial charge in [0.25, 0.3) is 0 Å². The first kappa shape index (κ1) is 11.4. The molecule has 0 aliphatic carbocycles. The zero-order valence-electron chi connectivity index (χ0n) is 8.92. The molecule has 0 saturated carbocycles. The third-order valence-corrected chi connectivity index (χ3v) is 2.82. The number of nitrogens with zero attached hydrogens (tertiary/aromatic N) is 1. The monoisotopic (exact) mass is 249 g/mol. The van der Waals surface area contributed by atoms with Crippen molar-refractivity contribution < 1.29 is 4.79 Å². The predicted octanol–water partition coefficient (Wildman–Crippen LogP) is 1.13. The van der Waals surface area contributed by atoms with E-state index in [9.17, 15) is 9.59 Å². The molecule has 0 unspecified atom stereocenters. The van der Waals surface area contributed by atoms with Crippen LogP contribution in [0.15, 0.2) is 40.6 Å². The van der Waals surface area contributed by atoms with Gasteiger partial charge in [0.05, 0.1) is 0 Å². The minimum atomic E-state index is -0.254. The van der Waals surface area contributed by atoms with Crippen molar-refractivity contribution in [2.75, 3.05) is 11.1 Å². The summed E-state index contributed by atoms with van der Waals surface area (Å²) in [4.78, 5) is 22.7. The fourth-order valence-electron chi connectivity index (χ4n) is 1.38. The number of aromatic nitrogens is 1. The number of hydrogen-bond acceptors (Lipinski definition) is 4. The molecule has 0 radical (unpaired) electrons. The maximum absolute atomic E-state index is 11.6. The van der Waals surface area contributed by atoms with Gasteiger partial charge in [-0.15, -0.1) is 0 Å². The maximum Gasteiger partial charge on any atom is 0.307 e. The van der Waals surface area contributed by atoms with Crippen LogP contribution in [0.3, 0.4) is 0 Å². The largest absolute Gasteiger partial charge is 0.399 e. The van der Waals surface area contributed by atoms with E-state index in [-0.39, 0.29) is 17.3 Å². The first-order valence-electron chi connectivity index (χ1n) is 4.94. The third kappa shape index (κ3) is 2.94. The Labute approximate surface area is 102 Å². The van der Waals surface area contributed by atoms with E-state index in [1.165, 1.54) is 4.57 Å². The summed E-state index contributed by atoms with van der Waals surface area (Å²) < 4.78 is 1.35. The molecule has 0 fully saturated rings. The first-order chi connectivity index (χ1) is 8.15. The van der Waals surface area contributed by atoms with Crippen LogP contribution in [0.2, 0.25) is 0 Å². The molecule has 17 heavy (non-hydrogen) atoms. The second-order valence-electron chi connectivity index (χ2n) is 3.47. The van der Waals surface area contributed by atoms with Crippen LogP contribution < -0.4 is 15.9 Å². The van der Waals surface area contributed by atoms with Crippen molar-refractivity contribution in [3.05, 3.63) is 45.5 Å². The smallest absolute Gasteiger partial charge is 0.307 e. The zero-order chi connectivity index (χ0) is 12.3. The molecule has 2 rings (SSSR count). The molecule has 0 atom stereocenters. The van der Waals surface area contributed by atoms with Crippen molar-refractivity contribution in [3.63, 3.8) is 0 Å². The molecule has 1 heterocycles. The van der Waals surface area contributed by atoms with E-state index in [4.69, 9.17) is 5.73 Å². The summed E-state index contributed by atoms with van der Waals surface area (Å²) in [5.74, 6) is -0.254. The fourth-order valence-corrected chi connectivity index (χ4v) is 1.96. The Morgan fingerprint density at radius 3 is 2.94 bits per heavy atom. The van der Waals surface area contributed by atoms with Gasteiger partial charge in [-0.25, -0.2) is 0 Å². The molecule has 1 aromatic heterocycles. The number of anilines is 2. The topological polar surface area (TPSA) is 77.1 Å². The van der Waals surface area contributed by atoms with Crippen molar-refractivity contribution in [2.24, 2.45) is 0 Å². The molecule has 1 aromatic carbocycles. The average Bonchev–Trinajstić information content (AvgIpc) is 2.64. The highest BCUT2D eigenvalue weighted by Crippen LogP contribution is 2.11. The number of carbonyl (C=O) groups is 1. The summed E-state index contributed by atoms with van der Waals surface area (Å²) in [5, 5.41) is 4.32. The van der Waals surface area contributed by atoms with E-state index >= 15 is 0 Å². The van der Waals surface area contributed by atoms with E-state index in [0.29, 0.717) is 11.4 Å². The van der Waals surface area contributed by atoms with Crippen LogP contribution in [0.25, 0.3) is 0 Å². The van der Waals surface area contributed by atoms with Crippen LogP contribution in [0.4, 0.5) is 11.4 Å². The molecule has 88 valence electrons. The van der Waals surface area contributed by atoms with E-state index in [1.807, 2.05) is 0 Å². The average molecular weight is 249 g/mol. The summed E-state index contributed by atoms with van der Waals surface area (Å²) in [7, 11) is 0. The molecule has 3 N–H and O–H groups in total. The molecule has 5 nitrogen and oxygen atoms in total. The number of nitrogens with one attached hydrogen (secondary N) is 1. The van der Waals surface area contributed by atoms with E-state index in [1.54, 1.807) is 35.8 Å². The molecule has 0 spiro atoms. The van der Waals surface area contributed by atoms with Crippen molar-refractivity contribution in [1.82, 2.24) is 4.57 Å². The second kappa shape index (κ2) is 4.84. The lowest BCUT2D eigenvalue weighted by atomic mass is 10.3. The van der Waals surface area contributed by atoms with Gasteiger partial charge in [-0.05, 0) is 18.2 Å². The van der Waals surface area contributed by atoms with Gasteiger partial charge in [-0.3, -0.25) is 14.2 Å². The predicted molar refractivity (Wildman–Crippen MR) is 68.1 cm³/mol. The van der Waals surface area contributed by atoms with Gasteiger partial charge >= 0.3 is 4.87 Å². The number of benzene rings is 1. The van der Waals surface area contributed by atoms with Crippen LogP contribution in [0.5, 0.6) is 0 Å². The fraction of sp³-hybridized carbons (Fsp3) is 0.0909. The number of hydrogen-bond donors (Lipinski definition) is 2. The second-order valence-corrected chi connectivity index (χ2v) is 4.33. The number of nitrogen functional groups attached to an aromatic ring is 1. The molecule has 1 amide bonds. The number of nitrogens with two attached hydrogens (primary N) is 1. The summed E-state index contributed by atoms with van der Waals surface area (Å²) in [6.45, 7) is 0.0110. The quantitative estimate of drug-likeness (QED) is 0.800. The number of carbonyl (C=O) groups excluding carboxylic acids is 1. The molecule has 6 heteroatoms. The Morgan fingerprint density at radius 1 is 1.47 bits per heavy atom. The molecule has 0 aliphatic heterocycles. The standard InChI is InChI=1S/C11H11N3O2S/c12-8-2-1-3-9(6-8)13-10(15)7-14-4-5-17-11(14)16/h1-6H,7,12H2,(H,13,15). The van der Waals surface area contributed by atoms with Crippen molar-refractivity contribution in [2.45, 2.75) is 6.54 Å². The Morgan fingerprint density at radius 2 is 2.29 bits per heavy atom. The summed E-state index contributed by atoms with van der Waals surface area (Å²) >= 11 is 1.06. The van der Waals surface area contributed by atoms with E-state index < -0.39 is 0 Å². The molecule has 0 saturated heterocycles. The number of amides is 1. The Bertz CT molecular complexity index is 588. The Kier molecular flexibility index (Phi) is 3.24. The minimum Gasteiger partial charge on any atom is -0.399 e. The minimum absolute atomic E-state index is 0.0110. The Balaban J connectivity index is 2.03. The molecular formula is C11H11N3O2S. The van der Waals surface area contributed by atoms with Crippen molar-refractivity contribution in [3.8, 4) is 0 Å². The molecular weight excluding hydrogens is 238 g/mol. The molecule has 0 aliphatic rings. The van der Waals surface area contributed by atoms with Gasteiger partial charge in [0, 0.05) is 23.0 Å². The SMILES string of the molecule is Nc1cccc(NC(=O)Cn2ccsc2=O)c1. The normalized spacial score (nSPS) is 10.1. The highest BCUT2D eigenvalue weighted by Gasteiger charge is 2.05. The van der Waals surface area contributed by atoms with Gasteiger partial charge in [0.2, 0.25) is 5.91 Å². The summed E-state index contributed by atoms with van der Waals surface area (Å²) in [5.41, 5.74) is 6.79. The van der Waals surface area contributed by atoms with Crippen molar-refractivity contribution in [1.29, 1.82) is 0 Å². The van der Waals surface area contributed by atoms with Crippen LogP contribution in [-0.4, -0.2) is 10.5 Å². The van der Waals surface area contributed by atoms with Crippen LogP contribution in [-0.2, 0) is 11.3 Å². The lowest BCUT2D eigenvalue weighted by Gasteiger charge is -2.05. The van der Waals surface area contributed by atoms with Crippen molar-refractivity contribution >= 4 is 28.6 Å². The molecule has 0 bridgehead atoms. The summed E-state index contributed by atoms with van der Waals surface area (Å²) in [6, 6.07) is 6.89. The lowest BCUT2D eigenvalue weighted by molar-refractivity contribution is -0.116. The number of rotatable bonds is 3. The van der Waals surface area contributed by atoms with E-state index in [2.05, 4.69) is 5.32 Å². The van der Waals surface area contributed by atoms with Crippen LogP contribution in [0, 0.1) is 0 Å². The van der Waals surface area contributed by atoms with Gasteiger partial charge in [0.15, 0.2) is 0 Å². The highest BCUT2D eigenvalue weighted by atomic mass is 32.1. The Hall–Kier alpha value is -2.08. The zero-order valence-corrected chi connectivity index (χ0v) is 9.74. The summed E-state index contributed by atoms with van der Waals surface area (Å²) in [6.07, 6.45) is 1.59. The third-order valence-electron chi connectivity index (χ3n) is 2.13. The molecule has 2 aromatic rings. The first-order valence-corrected chi connectivity index (χ1v) is 5.82. The highest BCUT2D eigenvalue weighted by molar-refractivity contribution is 7.07.